The average Bonchev–Trinajstić information content (AvgIpc) is 2.23. The molecule has 5 heteroatoms. The van der Waals surface area contributed by atoms with Crippen LogP contribution in [0.1, 0.15) is 5.56 Å². The fourth-order valence-electron chi connectivity index (χ4n) is 1.33. The predicted molar refractivity (Wildman–Crippen MR) is 53.5 cm³/mol. The van der Waals surface area contributed by atoms with Gasteiger partial charge >= 0.3 is 5.63 Å². The molecule has 0 saturated carbocycles. The summed E-state index contributed by atoms with van der Waals surface area (Å²) in [4.78, 5) is 11.0. The maximum Gasteiger partial charge on any atom is 0.336 e. The van der Waals surface area contributed by atoms with Crippen molar-refractivity contribution in [1.82, 2.24) is 0 Å². The highest BCUT2D eigenvalue weighted by Gasteiger charge is 2.07. The normalized spacial score (nSPS) is 11.2. The molecule has 0 bridgehead atoms. The molecule has 0 unspecified atom stereocenters. The third-order valence-corrected chi connectivity index (χ3v) is 1.99. The number of rotatable bonds is 1. The molecule has 1 aromatic heterocycles. The number of hydrogen-bond acceptors (Lipinski definition) is 5. The van der Waals surface area contributed by atoms with Crippen molar-refractivity contribution in [2.75, 3.05) is 0 Å². The molecule has 0 aliphatic heterocycles. The maximum atomic E-state index is 11.0. The largest absolute Gasteiger partial charge is 0.507 e. The minimum atomic E-state index is -0.527. The quantitative estimate of drug-likeness (QED) is 0.318. The van der Waals surface area contributed by atoms with E-state index in [1.807, 2.05) is 0 Å². The molecule has 0 aliphatic carbocycles. The smallest absolute Gasteiger partial charge is 0.336 e. The van der Waals surface area contributed by atoms with Crippen LogP contribution < -0.4 is 5.63 Å². The summed E-state index contributed by atoms with van der Waals surface area (Å²) in [6, 6.07) is 5.87. The van der Waals surface area contributed by atoms with Gasteiger partial charge in [0.15, 0.2) is 5.58 Å². The van der Waals surface area contributed by atoms with Crippen LogP contribution in [0.2, 0.25) is 0 Å². The van der Waals surface area contributed by atoms with Crippen LogP contribution in [0.25, 0.3) is 11.0 Å². The molecule has 0 aliphatic rings. The summed E-state index contributed by atoms with van der Waals surface area (Å²) in [5.74, 6) is -0.116. The lowest BCUT2D eigenvalue weighted by molar-refractivity contribution is 0.321. The molecule has 1 heterocycles. The van der Waals surface area contributed by atoms with Gasteiger partial charge in [0.1, 0.15) is 5.75 Å². The van der Waals surface area contributed by atoms with Crippen LogP contribution >= 0.6 is 0 Å². The van der Waals surface area contributed by atoms with Crippen molar-refractivity contribution in [2.24, 2.45) is 5.16 Å². The van der Waals surface area contributed by atoms with E-state index in [4.69, 9.17) is 9.62 Å². The van der Waals surface area contributed by atoms with E-state index in [1.165, 1.54) is 12.1 Å². The lowest BCUT2D eigenvalue weighted by Gasteiger charge is -2.01. The molecule has 76 valence electrons. The number of fused-ring (bicyclic) bond motifs is 1. The van der Waals surface area contributed by atoms with Crippen LogP contribution in [0, 0.1) is 0 Å². The van der Waals surface area contributed by atoms with Crippen LogP contribution in [0.5, 0.6) is 5.75 Å². The van der Waals surface area contributed by atoms with Gasteiger partial charge in [-0.2, -0.15) is 0 Å². The number of nitrogens with zero attached hydrogens (tertiary/aromatic N) is 1. The van der Waals surface area contributed by atoms with Crippen LogP contribution in [-0.4, -0.2) is 16.5 Å². The van der Waals surface area contributed by atoms with Gasteiger partial charge in [0, 0.05) is 11.5 Å². The fourth-order valence-corrected chi connectivity index (χ4v) is 1.33. The molecule has 0 fully saturated rings. The number of benzene rings is 1. The van der Waals surface area contributed by atoms with Crippen molar-refractivity contribution < 1.29 is 14.7 Å². The Hall–Kier alpha value is -2.30. The first-order valence-electron chi connectivity index (χ1n) is 4.15. The first-order valence-corrected chi connectivity index (χ1v) is 4.15. The first kappa shape index (κ1) is 9.26. The number of phenols is 1. The summed E-state index contributed by atoms with van der Waals surface area (Å²) < 4.78 is 4.91. The lowest BCUT2D eigenvalue weighted by Crippen LogP contribution is -1.96. The standard InChI is InChI=1S/C10H7NO4/c12-8-3-1-6-2-4-9(13)15-10(6)7(8)5-11-14/h1-5,12,14H/b11-5+. The minimum absolute atomic E-state index is 0.116. The minimum Gasteiger partial charge on any atom is -0.507 e. The lowest BCUT2D eigenvalue weighted by atomic mass is 10.1. The summed E-state index contributed by atoms with van der Waals surface area (Å²) in [6.45, 7) is 0. The summed E-state index contributed by atoms with van der Waals surface area (Å²) >= 11 is 0. The second-order valence-corrected chi connectivity index (χ2v) is 2.92. The highest BCUT2D eigenvalue weighted by Crippen LogP contribution is 2.24. The second-order valence-electron chi connectivity index (χ2n) is 2.92. The van der Waals surface area contributed by atoms with Gasteiger partial charge in [-0.25, -0.2) is 4.79 Å². The predicted octanol–water partition coefficient (Wildman–Crippen LogP) is 1.31. The van der Waals surface area contributed by atoms with Gasteiger partial charge in [-0.05, 0) is 18.2 Å². The molecule has 15 heavy (non-hydrogen) atoms. The number of hydrogen-bond donors (Lipinski definition) is 2. The zero-order valence-corrected chi connectivity index (χ0v) is 7.54. The van der Waals surface area contributed by atoms with Crippen LogP contribution in [0.15, 0.2) is 38.6 Å². The van der Waals surface area contributed by atoms with Crippen LogP contribution in [-0.2, 0) is 0 Å². The summed E-state index contributed by atoms with van der Waals surface area (Å²) in [5, 5.41) is 21.3. The highest BCUT2D eigenvalue weighted by atomic mass is 16.4. The Morgan fingerprint density at radius 1 is 1.27 bits per heavy atom. The van der Waals surface area contributed by atoms with Gasteiger partial charge < -0.3 is 14.7 Å². The van der Waals surface area contributed by atoms with E-state index in [0.29, 0.717) is 5.39 Å². The van der Waals surface area contributed by atoms with Gasteiger partial charge in [-0.3, -0.25) is 0 Å². The van der Waals surface area contributed by atoms with Crippen molar-refractivity contribution >= 4 is 17.2 Å². The highest BCUT2D eigenvalue weighted by molar-refractivity contribution is 5.98. The molecule has 0 spiro atoms. The third-order valence-electron chi connectivity index (χ3n) is 1.99. The molecule has 0 radical (unpaired) electrons. The summed E-state index contributed by atoms with van der Waals surface area (Å²) in [7, 11) is 0. The van der Waals surface area contributed by atoms with Gasteiger partial charge in [0.25, 0.3) is 0 Å². The Balaban J connectivity index is 2.90. The monoisotopic (exact) mass is 205 g/mol. The summed E-state index contributed by atoms with van der Waals surface area (Å²) in [6.07, 6.45) is 1.01. The van der Waals surface area contributed by atoms with Crippen molar-refractivity contribution in [3.63, 3.8) is 0 Å². The van der Waals surface area contributed by atoms with E-state index in [2.05, 4.69) is 5.16 Å². The van der Waals surface area contributed by atoms with Gasteiger partial charge in [-0.15, -0.1) is 0 Å². The van der Waals surface area contributed by atoms with Crippen molar-refractivity contribution in [2.45, 2.75) is 0 Å². The van der Waals surface area contributed by atoms with Crippen LogP contribution in [0.4, 0.5) is 0 Å². The van der Waals surface area contributed by atoms with E-state index in [0.717, 1.165) is 6.21 Å². The van der Waals surface area contributed by atoms with E-state index >= 15 is 0 Å². The maximum absolute atomic E-state index is 11.0. The zero-order chi connectivity index (χ0) is 10.8. The number of oxime groups is 1. The fraction of sp³-hybridized carbons (Fsp3) is 0. The van der Waals surface area contributed by atoms with Crippen molar-refractivity contribution in [3.8, 4) is 5.75 Å². The van der Waals surface area contributed by atoms with E-state index < -0.39 is 5.63 Å². The Bertz CT molecular complexity index is 585. The third kappa shape index (κ3) is 1.54. The van der Waals surface area contributed by atoms with E-state index in [-0.39, 0.29) is 16.9 Å². The SMILES string of the molecule is O=c1ccc2ccc(O)c(/C=N/O)c2o1. The van der Waals surface area contributed by atoms with Crippen molar-refractivity contribution in [1.29, 1.82) is 0 Å². The van der Waals surface area contributed by atoms with Gasteiger partial charge in [0.2, 0.25) is 0 Å². The van der Waals surface area contributed by atoms with Crippen LogP contribution in [0.3, 0.4) is 0 Å². The molecule has 2 aromatic rings. The average molecular weight is 205 g/mol. The Morgan fingerprint density at radius 2 is 2.00 bits per heavy atom. The molecule has 5 nitrogen and oxygen atoms in total. The van der Waals surface area contributed by atoms with Crippen molar-refractivity contribution in [3.05, 3.63) is 40.2 Å². The van der Waals surface area contributed by atoms with Gasteiger partial charge in [0.05, 0.1) is 11.8 Å². The van der Waals surface area contributed by atoms with Gasteiger partial charge in [-0.1, -0.05) is 5.16 Å². The Kier molecular flexibility index (Phi) is 2.13. The second kappa shape index (κ2) is 3.45. The van der Waals surface area contributed by atoms with E-state index in [9.17, 15) is 9.90 Å². The molecule has 0 atom stereocenters. The molecule has 0 saturated heterocycles. The molecular weight excluding hydrogens is 198 g/mol. The molecule has 2 N–H and O–H groups in total. The molecular formula is C10H7NO4. The Labute approximate surface area is 83.9 Å². The van der Waals surface area contributed by atoms with E-state index in [1.54, 1.807) is 12.1 Å². The Morgan fingerprint density at radius 3 is 2.73 bits per heavy atom. The molecule has 2 rings (SSSR count). The zero-order valence-electron chi connectivity index (χ0n) is 7.54. The number of phenolic OH excluding ortho intramolecular Hbond substituents is 1. The molecule has 0 amide bonds. The molecule has 1 aromatic carbocycles. The topological polar surface area (TPSA) is 83.0 Å². The summed E-state index contributed by atoms with van der Waals surface area (Å²) in [5.41, 5.74) is -0.159. The first-order chi connectivity index (χ1) is 7.22. The number of aromatic hydroxyl groups is 1.